The van der Waals surface area contributed by atoms with Gasteiger partial charge >= 0.3 is 0 Å². The summed E-state index contributed by atoms with van der Waals surface area (Å²) < 4.78 is 4.26. The van der Waals surface area contributed by atoms with E-state index < -0.39 is 0 Å². The summed E-state index contributed by atoms with van der Waals surface area (Å²) in [5.41, 5.74) is 7.97. The summed E-state index contributed by atoms with van der Waals surface area (Å²) >= 11 is 1.67. The number of nitriles is 1. The molecule has 0 N–H and O–H groups in total. The second kappa shape index (κ2) is 9.68. The lowest BCUT2D eigenvalue weighted by Gasteiger charge is -2.06. The van der Waals surface area contributed by atoms with Crippen molar-refractivity contribution in [2.45, 2.75) is 39.2 Å². The summed E-state index contributed by atoms with van der Waals surface area (Å²) in [4.78, 5) is 6.20. The van der Waals surface area contributed by atoms with E-state index in [-0.39, 0.29) is 0 Å². The zero-order valence-corrected chi connectivity index (χ0v) is 22.6. The smallest absolute Gasteiger partial charge is 0.134 e. The highest BCUT2D eigenvalue weighted by Crippen LogP contribution is 2.36. The van der Waals surface area contributed by atoms with Gasteiger partial charge in [-0.05, 0) is 69.0 Å². The van der Waals surface area contributed by atoms with E-state index in [0.29, 0.717) is 5.57 Å². The minimum absolute atomic E-state index is 0.590. The quantitative estimate of drug-likeness (QED) is 0.214. The Morgan fingerprint density at radius 2 is 1.77 bits per heavy atom. The lowest BCUT2D eigenvalue weighted by Crippen LogP contribution is -1.99. The molecular formula is C33H27N5S. The maximum Gasteiger partial charge on any atom is 0.134 e. The Bertz CT molecular complexity index is 1890. The molecule has 0 saturated heterocycles. The Hall–Kier alpha value is -4.47. The molecule has 0 unspecified atom stereocenters. The molecule has 0 bridgehead atoms. The van der Waals surface area contributed by atoms with Crippen molar-refractivity contribution in [3.8, 4) is 23.0 Å². The highest BCUT2D eigenvalue weighted by atomic mass is 32.1. The van der Waals surface area contributed by atoms with Crippen LogP contribution in [-0.4, -0.2) is 19.3 Å². The standard InChI is InChI=1S/C33H27N5S/c1-2-37-29-14-8-6-12-26(29)27-19-22(16-17-30(27)37)32-24(21-38(36-32)25-10-4-3-5-11-25)18-23(20-34)33-35-28-13-7-9-15-31(28)39-33/h3-6,8,10-12,14,16-19,21H,2,7,9,13,15H2,1H3. The highest BCUT2D eigenvalue weighted by Gasteiger charge is 2.19. The zero-order chi connectivity index (χ0) is 26.3. The van der Waals surface area contributed by atoms with Gasteiger partial charge in [0.2, 0.25) is 0 Å². The van der Waals surface area contributed by atoms with Gasteiger partial charge in [-0.3, -0.25) is 0 Å². The van der Waals surface area contributed by atoms with E-state index in [4.69, 9.17) is 10.1 Å². The van der Waals surface area contributed by atoms with E-state index in [0.717, 1.165) is 46.9 Å². The number of rotatable bonds is 5. The first-order chi connectivity index (χ1) is 19.2. The van der Waals surface area contributed by atoms with E-state index >= 15 is 0 Å². The maximum atomic E-state index is 10.2. The van der Waals surface area contributed by atoms with Crippen LogP contribution in [0.2, 0.25) is 0 Å². The van der Waals surface area contributed by atoms with Crippen LogP contribution in [-0.2, 0) is 19.4 Å². The van der Waals surface area contributed by atoms with Crippen LogP contribution in [0, 0.1) is 11.3 Å². The molecule has 7 rings (SSSR count). The number of fused-ring (bicyclic) bond motifs is 4. The Morgan fingerprint density at radius 1 is 0.974 bits per heavy atom. The van der Waals surface area contributed by atoms with Crippen LogP contribution in [0.25, 0.3) is 50.4 Å². The molecule has 39 heavy (non-hydrogen) atoms. The first-order valence-corrected chi connectivity index (χ1v) is 14.3. The molecular weight excluding hydrogens is 498 g/mol. The number of aryl methyl sites for hydroxylation is 3. The molecule has 0 atom stereocenters. The van der Waals surface area contributed by atoms with Gasteiger partial charge in [-0.25, -0.2) is 9.67 Å². The summed E-state index contributed by atoms with van der Waals surface area (Å²) in [5.74, 6) is 0. The van der Waals surface area contributed by atoms with Gasteiger partial charge in [0.25, 0.3) is 0 Å². The Balaban J connectivity index is 1.41. The van der Waals surface area contributed by atoms with Gasteiger partial charge in [-0.2, -0.15) is 10.4 Å². The minimum Gasteiger partial charge on any atom is -0.341 e. The van der Waals surface area contributed by atoms with Gasteiger partial charge in [0.15, 0.2) is 0 Å². The van der Waals surface area contributed by atoms with Crippen molar-refractivity contribution in [3.63, 3.8) is 0 Å². The maximum absolute atomic E-state index is 10.2. The van der Waals surface area contributed by atoms with Crippen LogP contribution in [0.5, 0.6) is 0 Å². The molecule has 190 valence electrons. The SMILES string of the molecule is CCn1c2ccccc2c2cc(-c3nn(-c4ccccc4)cc3C=C(C#N)c3nc4c(s3)CCCC4)ccc21. The van der Waals surface area contributed by atoms with Crippen LogP contribution < -0.4 is 0 Å². The molecule has 3 aromatic carbocycles. The van der Waals surface area contributed by atoms with Gasteiger partial charge < -0.3 is 4.57 Å². The lowest BCUT2D eigenvalue weighted by atomic mass is 10.0. The largest absolute Gasteiger partial charge is 0.341 e. The topological polar surface area (TPSA) is 59.4 Å². The second-order valence-corrected chi connectivity index (χ2v) is 11.1. The fourth-order valence-electron chi connectivity index (χ4n) is 5.74. The number of nitrogens with zero attached hydrogens (tertiary/aromatic N) is 5. The normalized spacial score (nSPS) is 13.6. The van der Waals surface area contributed by atoms with Crippen molar-refractivity contribution in [3.05, 3.63) is 100 Å². The van der Waals surface area contributed by atoms with Crippen molar-refractivity contribution in [1.82, 2.24) is 19.3 Å². The molecule has 0 amide bonds. The number of thiazole rings is 1. The van der Waals surface area contributed by atoms with Gasteiger partial charge in [0, 0.05) is 50.6 Å². The molecule has 0 saturated carbocycles. The molecule has 3 aromatic heterocycles. The van der Waals surface area contributed by atoms with Gasteiger partial charge in [-0.15, -0.1) is 11.3 Å². The highest BCUT2D eigenvalue weighted by molar-refractivity contribution is 7.13. The molecule has 1 aliphatic carbocycles. The van der Waals surface area contributed by atoms with Crippen LogP contribution in [0.15, 0.2) is 79.0 Å². The molecule has 0 radical (unpaired) electrons. The van der Waals surface area contributed by atoms with Crippen molar-refractivity contribution in [2.24, 2.45) is 0 Å². The van der Waals surface area contributed by atoms with E-state index in [1.807, 2.05) is 47.3 Å². The number of benzene rings is 3. The lowest BCUT2D eigenvalue weighted by molar-refractivity contribution is 0.682. The first-order valence-electron chi connectivity index (χ1n) is 13.5. The average Bonchev–Trinajstić information content (AvgIpc) is 3.69. The summed E-state index contributed by atoms with van der Waals surface area (Å²) in [6.07, 6.45) is 8.43. The van der Waals surface area contributed by atoms with E-state index in [2.05, 4.69) is 60.0 Å². The summed E-state index contributed by atoms with van der Waals surface area (Å²) in [5, 5.41) is 18.5. The molecule has 0 spiro atoms. The number of aromatic nitrogens is 4. The monoisotopic (exact) mass is 525 g/mol. The van der Waals surface area contributed by atoms with Crippen LogP contribution in [0.1, 0.15) is 40.9 Å². The molecule has 6 aromatic rings. The van der Waals surface area contributed by atoms with E-state index in [1.54, 1.807) is 11.3 Å². The fourth-order valence-corrected chi connectivity index (χ4v) is 6.85. The average molecular weight is 526 g/mol. The third kappa shape index (κ3) is 4.07. The van der Waals surface area contributed by atoms with Crippen molar-refractivity contribution < 1.29 is 0 Å². The van der Waals surface area contributed by atoms with Gasteiger partial charge in [-0.1, -0.05) is 42.5 Å². The Kier molecular flexibility index (Phi) is 5.87. The van der Waals surface area contributed by atoms with Crippen LogP contribution in [0.3, 0.4) is 0 Å². The zero-order valence-electron chi connectivity index (χ0n) is 21.8. The second-order valence-electron chi connectivity index (χ2n) is 9.97. The molecule has 0 aliphatic heterocycles. The van der Waals surface area contributed by atoms with E-state index in [1.165, 1.54) is 45.2 Å². The predicted octanol–water partition coefficient (Wildman–Crippen LogP) is 8.07. The summed E-state index contributed by atoms with van der Waals surface area (Å²) in [6.45, 7) is 3.09. The van der Waals surface area contributed by atoms with Crippen LogP contribution in [0.4, 0.5) is 0 Å². The molecule has 5 nitrogen and oxygen atoms in total. The first kappa shape index (κ1) is 23.6. The number of hydrogen-bond acceptors (Lipinski definition) is 4. The van der Waals surface area contributed by atoms with Crippen LogP contribution >= 0.6 is 11.3 Å². The summed E-state index contributed by atoms with van der Waals surface area (Å²) in [7, 11) is 0. The minimum atomic E-state index is 0.590. The molecule has 1 aliphatic rings. The summed E-state index contributed by atoms with van der Waals surface area (Å²) in [6, 6.07) is 27.7. The number of para-hydroxylation sites is 2. The molecule has 0 fully saturated rings. The van der Waals surface area contributed by atoms with Crippen molar-refractivity contribution in [2.75, 3.05) is 0 Å². The number of allylic oxidation sites excluding steroid dienone is 1. The van der Waals surface area contributed by atoms with E-state index in [9.17, 15) is 5.26 Å². The third-order valence-electron chi connectivity index (χ3n) is 7.62. The fraction of sp³-hybridized carbons (Fsp3) is 0.182. The van der Waals surface area contributed by atoms with Crippen molar-refractivity contribution >= 4 is 44.8 Å². The molecule has 3 heterocycles. The van der Waals surface area contributed by atoms with Crippen molar-refractivity contribution in [1.29, 1.82) is 5.26 Å². The van der Waals surface area contributed by atoms with Gasteiger partial charge in [0.1, 0.15) is 16.8 Å². The third-order valence-corrected chi connectivity index (χ3v) is 8.81. The van der Waals surface area contributed by atoms with Gasteiger partial charge in [0.05, 0.1) is 17.0 Å². The number of hydrogen-bond donors (Lipinski definition) is 0. The Morgan fingerprint density at radius 3 is 2.59 bits per heavy atom. The molecule has 6 heteroatoms. The Labute approximate surface area is 231 Å². The predicted molar refractivity (Wildman–Crippen MR) is 160 cm³/mol.